The van der Waals surface area contributed by atoms with Crippen LogP contribution in [0.5, 0.6) is 0 Å². The van der Waals surface area contributed by atoms with Crippen LogP contribution in [0.25, 0.3) is 0 Å². The van der Waals surface area contributed by atoms with Crippen LogP contribution in [0.3, 0.4) is 0 Å². The summed E-state index contributed by atoms with van der Waals surface area (Å²) < 4.78 is 0. The second kappa shape index (κ2) is 9.57. The van der Waals surface area contributed by atoms with Gasteiger partial charge in [-0.05, 0) is 30.9 Å². The van der Waals surface area contributed by atoms with E-state index in [2.05, 4.69) is 22.5 Å². The lowest BCUT2D eigenvalue weighted by molar-refractivity contribution is -0.132. The van der Waals surface area contributed by atoms with Crippen LogP contribution in [-0.4, -0.2) is 61.9 Å². The number of benzene rings is 1. The first-order valence-electron chi connectivity index (χ1n) is 10.2. The fraction of sp³-hybridized carbons (Fsp3) is 0.571. The molecule has 2 aliphatic heterocycles. The minimum Gasteiger partial charge on any atom is -0.356 e. The molecule has 7 heteroatoms. The SMILES string of the molecule is CN=C(NCCC(=O)N1CCCC(C)C1)NC1CC(=O)N(c2ccccc2)C1. The van der Waals surface area contributed by atoms with E-state index in [1.165, 1.54) is 6.42 Å². The number of carbonyl (C=O) groups is 2. The number of nitrogens with one attached hydrogen (secondary N) is 2. The van der Waals surface area contributed by atoms with Gasteiger partial charge in [-0.25, -0.2) is 0 Å². The lowest BCUT2D eigenvalue weighted by Crippen LogP contribution is -2.46. The van der Waals surface area contributed by atoms with E-state index in [4.69, 9.17) is 0 Å². The highest BCUT2D eigenvalue weighted by Crippen LogP contribution is 2.21. The Morgan fingerprint density at radius 2 is 2.04 bits per heavy atom. The zero-order valence-electron chi connectivity index (χ0n) is 16.9. The molecule has 7 nitrogen and oxygen atoms in total. The zero-order valence-corrected chi connectivity index (χ0v) is 16.9. The molecule has 0 bridgehead atoms. The summed E-state index contributed by atoms with van der Waals surface area (Å²) in [6.07, 6.45) is 3.18. The Kier molecular flexibility index (Phi) is 6.90. The molecule has 0 aliphatic carbocycles. The minimum absolute atomic E-state index is 0.00227. The van der Waals surface area contributed by atoms with Gasteiger partial charge in [-0.1, -0.05) is 25.1 Å². The fourth-order valence-electron chi connectivity index (χ4n) is 3.91. The Hall–Kier alpha value is -2.57. The van der Waals surface area contributed by atoms with Gasteiger partial charge in [0.15, 0.2) is 5.96 Å². The summed E-state index contributed by atoms with van der Waals surface area (Å²) in [6, 6.07) is 9.70. The van der Waals surface area contributed by atoms with Crippen LogP contribution in [0, 0.1) is 5.92 Å². The van der Waals surface area contributed by atoms with Gasteiger partial charge in [0.05, 0.1) is 6.04 Å². The number of piperidine rings is 1. The van der Waals surface area contributed by atoms with Gasteiger partial charge in [-0.15, -0.1) is 0 Å². The van der Waals surface area contributed by atoms with Gasteiger partial charge in [0, 0.05) is 51.8 Å². The van der Waals surface area contributed by atoms with Crippen molar-refractivity contribution in [2.75, 3.05) is 38.1 Å². The predicted octanol–water partition coefficient (Wildman–Crippen LogP) is 1.61. The summed E-state index contributed by atoms with van der Waals surface area (Å²) in [5, 5.41) is 6.52. The number of nitrogens with zero attached hydrogens (tertiary/aromatic N) is 3. The Labute approximate surface area is 167 Å². The first-order valence-corrected chi connectivity index (χ1v) is 10.2. The lowest BCUT2D eigenvalue weighted by Gasteiger charge is -2.31. The van der Waals surface area contributed by atoms with E-state index in [0.717, 1.165) is 25.2 Å². The Balaban J connectivity index is 1.43. The van der Waals surface area contributed by atoms with Crippen LogP contribution in [0.2, 0.25) is 0 Å². The Bertz CT molecular complexity index is 706. The van der Waals surface area contributed by atoms with Crippen LogP contribution in [-0.2, 0) is 9.59 Å². The molecule has 1 aromatic rings. The molecule has 2 fully saturated rings. The standard InChI is InChI=1S/C21H31N5O2/c1-16-7-6-12-25(14-16)19(27)10-11-23-21(22-2)24-17-13-20(28)26(15-17)18-8-4-3-5-9-18/h3-5,8-9,16-17H,6-7,10-15H2,1-2H3,(H2,22,23,24). The maximum Gasteiger partial charge on any atom is 0.229 e. The first-order chi connectivity index (χ1) is 13.6. The van der Waals surface area contributed by atoms with Gasteiger partial charge >= 0.3 is 0 Å². The minimum atomic E-state index is -0.00227. The molecule has 0 radical (unpaired) electrons. The van der Waals surface area contributed by atoms with Gasteiger partial charge < -0.3 is 20.4 Å². The summed E-state index contributed by atoms with van der Waals surface area (Å²) in [5.74, 6) is 1.52. The van der Waals surface area contributed by atoms with E-state index < -0.39 is 0 Å². The molecule has 2 N–H and O–H groups in total. The summed E-state index contributed by atoms with van der Waals surface area (Å²) in [5.41, 5.74) is 0.918. The van der Waals surface area contributed by atoms with Crippen molar-refractivity contribution in [2.45, 2.75) is 38.6 Å². The van der Waals surface area contributed by atoms with Crippen LogP contribution in [0.1, 0.15) is 32.6 Å². The molecule has 2 atom stereocenters. The number of amides is 2. The molecule has 3 rings (SSSR count). The molecule has 0 spiro atoms. The number of aliphatic imine (C=N–C) groups is 1. The van der Waals surface area contributed by atoms with Crippen molar-refractivity contribution in [3.63, 3.8) is 0 Å². The van der Waals surface area contributed by atoms with E-state index in [1.54, 1.807) is 11.9 Å². The van der Waals surface area contributed by atoms with E-state index in [9.17, 15) is 9.59 Å². The van der Waals surface area contributed by atoms with E-state index in [0.29, 0.717) is 37.8 Å². The molecule has 2 saturated heterocycles. The van der Waals surface area contributed by atoms with Crippen LogP contribution >= 0.6 is 0 Å². The van der Waals surface area contributed by atoms with Crippen molar-refractivity contribution in [1.29, 1.82) is 0 Å². The highest BCUT2D eigenvalue weighted by molar-refractivity contribution is 5.97. The van der Waals surface area contributed by atoms with Gasteiger partial charge in [0.2, 0.25) is 11.8 Å². The molecule has 1 aromatic carbocycles. The molecule has 2 heterocycles. The number of guanidine groups is 1. The van der Waals surface area contributed by atoms with E-state index >= 15 is 0 Å². The van der Waals surface area contributed by atoms with E-state index in [1.807, 2.05) is 35.2 Å². The Morgan fingerprint density at radius 3 is 2.75 bits per heavy atom. The molecular formula is C21H31N5O2. The second-order valence-electron chi connectivity index (χ2n) is 7.72. The highest BCUT2D eigenvalue weighted by Gasteiger charge is 2.31. The molecule has 28 heavy (non-hydrogen) atoms. The maximum atomic E-state index is 12.4. The average Bonchev–Trinajstić information content (AvgIpc) is 3.07. The second-order valence-corrected chi connectivity index (χ2v) is 7.72. The van der Waals surface area contributed by atoms with Crippen molar-refractivity contribution in [3.05, 3.63) is 30.3 Å². The van der Waals surface area contributed by atoms with Crippen LogP contribution in [0.4, 0.5) is 5.69 Å². The van der Waals surface area contributed by atoms with Crippen molar-refractivity contribution in [1.82, 2.24) is 15.5 Å². The highest BCUT2D eigenvalue weighted by atomic mass is 16.2. The van der Waals surface area contributed by atoms with Gasteiger partial charge in [-0.2, -0.15) is 0 Å². The summed E-state index contributed by atoms with van der Waals surface area (Å²) in [6.45, 7) is 5.08. The monoisotopic (exact) mass is 385 g/mol. The number of anilines is 1. The van der Waals surface area contributed by atoms with Crippen molar-refractivity contribution >= 4 is 23.5 Å². The molecule has 152 valence electrons. The molecule has 2 amide bonds. The quantitative estimate of drug-likeness (QED) is 0.596. The van der Waals surface area contributed by atoms with Crippen LogP contribution in [0.15, 0.2) is 35.3 Å². The van der Waals surface area contributed by atoms with Crippen molar-refractivity contribution < 1.29 is 9.59 Å². The number of likely N-dealkylation sites (tertiary alicyclic amines) is 1. The molecule has 0 aromatic heterocycles. The normalized spacial score (nSPS) is 23.1. The summed E-state index contributed by atoms with van der Waals surface area (Å²) in [4.78, 5) is 32.7. The first kappa shape index (κ1) is 20.2. The third kappa shape index (κ3) is 5.24. The average molecular weight is 386 g/mol. The fourth-order valence-corrected chi connectivity index (χ4v) is 3.91. The number of hydrogen-bond donors (Lipinski definition) is 2. The predicted molar refractivity (Wildman–Crippen MR) is 111 cm³/mol. The molecular weight excluding hydrogens is 354 g/mol. The van der Waals surface area contributed by atoms with Crippen molar-refractivity contribution in [3.8, 4) is 0 Å². The molecule has 0 saturated carbocycles. The van der Waals surface area contributed by atoms with Crippen molar-refractivity contribution in [2.24, 2.45) is 10.9 Å². The Morgan fingerprint density at radius 1 is 1.25 bits per heavy atom. The number of rotatable bonds is 5. The third-order valence-corrected chi connectivity index (χ3v) is 5.40. The molecule has 2 unspecified atom stereocenters. The molecule has 2 aliphatic rings. The van der Waals surface area contributed by atoms with Gasteiger partial charge in [0.1, 0.15) is 0 Å². The van der Waals surface area contributed by atoms with Crippen LogP contribution < -0.4 is 15.5 Å². The van der Waals surface area contributed by atoms with E-state index in [-0.39, 0.29) is 17.9 Å². The summed E-state index contributed by atoms with van der Waals surface area (Å²) in [7, 11) is 1.70. The number of para-hydroxylation sites is 1. The zero-order chi connectivity index (χ0) is 19.9. The number of carbonyl (C=O) groups excluding carboxylic acids is 2. The van der Waals surface area contributed by atoms with Gasteiger partial charge in [0.25, 0.3) is 0 Å². The smallest absolute Gasteiger partial charge is 0.229 e. The maximum absolute atomic E-state index is 12.4. The number of hydrogen-bond acceptors (Lipinski definition) is 3. The third-order valence-electron chi connectivity index (χ3n) is 5.40. The topological polar surface area (TPSA) is 77.0 Å². The largest absolute Gasteiger partial charge is 0.356 e. The van der Waals surface area contributed by atoms with Gasteiger partial charge in [-0.3, -0.25) is 14.6 Å². The lowest BCUT2D eigenvalue weighted by atomic mass is 10.00. The summed E-state index contributed by atoms with van der Waals surface area (Å²) >= 11 is 0.